The molecule has 2 atom stereocenters. The topological polar surface area (TPSA) is 99.2 Å². The van der Waals surface area contributed by atoms with E-state index >= 15 is 0 Å². The molecule has 1 saturated heterocycles. The second-order valence-corrected chi connectivity index (χ2v) is 9.45. The van der Waals surface area contributed by atoms with E-state index in [4.69, 9.17) is 4.74 Å². The van der Waals surface area contributed by atoms with Crippen molar-refractivity contribution in [3.8, 4) is 11.1 Å². The Balaban J connectivity index is 1.44. The number of likely N-dealkylation sites (N-methyl/N-ethyl adjacent to an activating group) is 1. The standard InChI is InChI=1S/C24H27N3O5S/c1-26(2)11-20(22(28)27-14-33-13-21(27)23(29)30)25-24(31)32-12-19-17-9-5-3-7-15(17)16-8-4-6-10-18(16)19/h3-10,19-21H,11-14H2,1-2H3,(H,25,31)(H,29,30)/t20-,21?/m0/s1. The van der Waals surface area contributed by atoms with Crippen molar-refractivity contribution in [1.29, 1.82) is 0 Å². The number of fused-ring (bicyclic) bond motifs is 3. The summed E-state index contributed by atoms with van der Waals surface area (Å²) >= 11 is 1.38. The molecule has 2 N–H and O–H groups in total. The van der Waals surface area contributed by atoms with Gasteiger partial charge in [0, 0.05) is 18.2 Å². The minimum atomic E-state index is -1.04. The lowest BCUT2D eigenvalue weighted by Gasteiger charge is -2.28. The lowest BCUT2D eigenvalue weighted by Crippen LogP contribution is -2.55. The van der Waals surface area contributed by atoms with Gasteiger partial charge in [0.2, 0.25) is 5.91 Å². The molecule has 4 rings (SSSR count). The van der Waals surface area contributed by atoms with E-state index in [2.05, 4.69) is 17.4 Å². The first-order valence-electron chi connectivity index (χ1n) is 10.7. The van der Waals surface area contributed by atoms with Crippen LogP contribution < -0.4 is 5.32 Å². The zero-order valence-electron chi connectivity index (χ0n) is 18.6. The number of rotatable bonds is 7. The van der Waals surface area contributed by atoms with Crippen LogP contribution >= 0.6 is 11.8 Å². The highest BCUT2D eigenvalue weighted by Gasteiger charge is 2.38. The lowest BCUT2D eigenvalue weighted by molar-refractivity contribution is -0.148. The Morgan fingerprint density at radius 3 is 2.30 bits per heavy atom. The van der Waals surface area contributed by atoms with E-state index in [-0.39, 0.29) is 24.9 Å². The highest BCUT2D eigenvalue weighted by molar-refractivity contribution is 7.99. The van der Waals surface area contributed by atoms with Gasteiger partial charge in [0.15, 0.2) is 0 Å². The second-order valence-electron chi connectivity index (χ2n) is 8.45. The van der Waals surface area contributed by atoms with Gasteiger partial charge in [-0.15, -0.1) is 11.8 Å². The predicted octanol–water partition coefficient (Wildman–Crippen LogP) is 2.44. The monoisotopic (exact) mass is 469 g/mol. The molecule has 9 heteroatoms. The molecule has 0 bridgehead atoms. The summed E-state index contributed by atoms with van der Waals surface area (Å²) in [6.07, 6.45) is -0.698. The Labute approximate surface area is 196 Å². The van der Waals surface area contributed by atoms with E-state index in [1.165, 1.54) is 16.7 Å². The fourth-order valence-electron chi connectivity index (χ4n) is 4.40. The Hall–Kier alpha value is -3.04. The molecule has 8 nitrogen and oxygen atoms in total. The maximum atomic E-state index is 13.1. The molecule has 2 amide bonds. The zero-order valence-corrected chi connectivity index (χ0v) is 19.4. The van der Waals surface area contributed by atoms with Crippen molar-refractivity contribution in [2.75, 3.05) is 38.9 Å². The molecule has 1 fully saturated rings. The van der Waals surface area contributed by atoms with E-state index in [0.717, 1.165) is 22.3 Å². The molecule has 2 aliphatic rings. The number of aliphatic carboxylic acids is 1. The number of alkyl carbamates (subject to hydrolysis) is 1. The molecule has 1 aliphatic heterocycles. The van der Waals surface area contributed by atoms with Crippen molar-refractivity contribution in [3.05, 3.63) is 59.7 Å². The van der Waals surface area contributed by atoms with Gasteiger partial charge in [-0.1, -0.05) is 48.5 Å². The van der Waals surface area contributed by atoms with Crippen LogP contribution in [0.1, 0.15) is 17.0 Å². The molecule has 174 valence electrons. The Morgan fingerprint density at radius 1 is 1.12 bits per heavy atom. The van der Waals surface area contributed by atoms with Crippen LogP contribution in [0.3, 0.4) is 0 Å². The van der Waals surface area contributed by atoms with Crippen LogP contribution in [0.4, 0.5) is 4.79 Å². The number of thioether (sulfide) groups is 1. The van der Waals surface area contributed by atoms with Crippen LogP contribution in [0.25, 0.3) is 11.1 Å². The number of carboxylic acids is 1. The minimum absolute atomic E-state index is 0.0856. The fourth-order valence-corrected chi connectivity index (χ4v) is 5.55. The first-order chi connectivity index (χ1) is 15.9. The van der Waals surface area contributed by atoms with E-state index < -0.39 is 30.1 Å². The van der Waals surface area contributed by atoms with E-state index in [9.17, 15) is 19.5 Å². The number of carboxylic acid groups (broad SMARTS) is 1. The summed E-state index contributed by atoms with van der Waals surface area (Å²) in [6.45, 7) is 0.372. The Morgan fingerprint density at radius 2 is 1.73 bits per heavy atom. The maximum absolute atomic E-state index is 13.1. The summed E-state index contributed by atoms with van der Waals surface area (Å²) in [5.41, 5.74) is 4.47. The lowest BCUT2D eigenvalue weighted by atomic mass is 9.98. The third-order valence-corrected chi connectivity index (χ3v) is 6.94. The van der Waals surface area contributed by atoms with Crippen molar-refractivity contribution >= 4 is 29.7 Å². The summed E-state index contributed by atoms with van der Waals surface area (Å²) in [6, 6.07) is 14.3. The molecule has 1 unspecified atom stereocenters. The first kappa shape index (κ1) is 23.1. The van der Waals surface area contributed by atoms with Crippen LogP contribution in [0.5, 0.6) is 0 Å². The average molecular weight is 470 g/mol. The molecule has 33 heavy (non-hydrogen) atoms. The second kappa shape index (κ2) is 9.84. The van der Waals surface area contributed by atoms with Gasteiger partial charge in [0.25, 0.3) is 0 Å². The van der Waals surface area contributed by atoms with E-state index in [0.29, 0.717) is 5.75 Å². The van der Waals surface area contributed by atoms with Crippen molar-refractivity contribution < 1.29 is 24.2 Å². The number of nitrogens with zero attached hydrogens (tertiary/aromatic N) is 2. The van der Waals surface area contributed by atoms with E-state index in [1.807, 2.05) is 36.4 Å². The van der Waals surface area contributed by atoms with Gasteiger partial charge < -0.3 is 25.0 Å². The summed E-state index contributed by atoms with van der Waals surface area (Å²) in [5, 5.41) is 12.1. The largest absolute Gasteiger partial charge is 0.480 e. The Kier molecular flexibility index (Phi) is 6.90. The van der Waals surface area contributed by atoms with Crippen LogP contribution in [-0.4, -0.2) is 83.8 Å². The SMILES string of the molecule is CN(C)C[C@H](NC(=O)OCC1c2ccccc2-c2ccccc21)C(=O)N1CSCC1C(=O)O. The summed E-state index contributed by atoms with van der Waals surface area (Å²) in [7, 11) is 3.57. The van der Waals surface area contributed by atoms with Gasteiger partial charge in [-0.2, -0.15) is 0 Å². The van der Waals surface area contributed by atoms with Gasteiger partial charge in [0.05, 0.1) is 5.88 Å². The quantitative estimate of drug-likeness (QED) is 0.643. The van der Waals surface area contributed by atoms with E-state index in [1.54, 1.807) is 19.0 Å². The smallest absolute Gasteiger partial charge is 0.407 e. The highest BCUT2D eigenvalue weighted by Crippen LogP contribution is 2.44. The van der Waals surface area contributed by atoms with Crippen molar-refractivity contribution in [3.63, 3.8) is 0 Å². The fraction of sp³-hybridized carbons (Fsp3) is 0.375. The molecule has 0 aromatic heterocycles. The van der Waals surface area contributed by atoms with Gasteiger partial charge in [-0.25, -0.2) is 9.59 Å². The van der Waals surface area contributed by atoms with Crippen LogP contribution in [0.15, 0.2) is 48.5 Å². The molecule has 0 spiro atoms. The summed E-state index contributed by atoms with van der Waals surface area (Å²) < 4.78 is 5.58. The third-order valence-electron chi connectivity index (χ3n) is 5.93. The van der Waals surface area contributed by atoms with Crippen LogP contribution in [-0.2, 0) is 14.3 Å². The molecule has 2 aromatic rings. The van der Waals surface area contributed by atoms with Crippen LogP contribution in [0, 0.1) is 0 Å². The molecule has 1 aliphatic carbocycles. The zero-order chi connectivity index (χ0) is 23.5. The predicted molar refractivity (Wildman–Crippen MR) is 126 cm³/mol. The number of carbonyl (C=O) groups excluding carboxylic acids is 2. The molecular weight excluding hydrogens is 442 g/mol. The number of carbonyl (C=O) groups is 3. The highest BCUT2D eigenvalue weighted by atomic mass is 32.2. The number of hydrogen-bond donors (Lipinski definition) is 2. The third kappa shape index (κ3) is 4.84. The van der Waals surface area contributed by atoms with Crippen molar-refractivity contribution in [2.45, 2.75) is 18.0 Å². The number of amides is 2. The Bertz CT molecular complexity index is 1010. The van der Waals surface area contributed by atoms with Gasteiger partial charge in [0.1, 0.15) is 18.7 Å². The number of hydrogen-bond acceptors (Lipinski definition) is 6. The minimum Gasteiger partial charge on any atom is -0.480 e. The molecule has 0 radical (unpaired) electrons. The van der Waals surface area contributed by atoms with Gasteiger partial charge in [-0.3, -0.25) is 4.79 Å². The number of ether oxygens (including phenoxy) is 1. The average Bonchev–Trinajstić information content (AvgIpc) is 3.40. The maximum Gasteiger partial charge on any atom is 0.407 e. The molecular formula is C24H27N3O5S. The number of benzene rings is 2. The number of nitrogens with one attached hydrogen (secondary N) is 1. The molecule has 0 saturated carbocycles. The van der Waals surface area contributed by atoms with Crippen molar-refractivity contribution in [2.24, 2.45) is 0 Å². The van der Waals surface area contributed by atoms with Gasteiger partial charge in [-0.05, 0) is 36.3 Å². The summed E-state index contributed by atoms with van der Waals surface area (Å²) in [4.78, 5) is 40.4. The normalized spacial score (nSPS) is 18.0. The van der Waals surface area contributed by atoms with Crippen molar-refractivity contribution in [1.82, 2.24) is 15.1 Å². The molecule has 2 aromatic carbocycles. The van der Waals surface area contributed by atoms with Crippen LogP contribution in [0.2, 0.25) is 0 Å². The molecule has 1 heterocycles. The first-order valence-corrected chi connectivity index (χ1v) is 11.9. The van der Waals surface area contributed by atoms with Gasteiger partial charge >= 0.3 is 12.1 Å². The summed E-state index contributed by atoms with van der Waals surface area (Å²) in [5.74, 6) is -0.933.